The number of H-pyrrole nitrogens is 1. The summed E-state index contributed by atoms with van der Waals surface area (Å²) in [6, 6.07) is 18.5. The molecule has 26 heavy (non-hydrogen) atoms. The Bertz CT molecular complexity index is 1200. The predicted octanol–water partition coefficient (Wildman–Crippen LogP) is 2.80. The Balaban J connectivity index is 1.79. The van der Waals surface area contributed by atoms with Crippen molar-refractivity contribution >= 4 is 11.0 Å². The highest BCUT2D eigenvalue weighted by atomic mass is 19.1. The summed E-state index contributed by atoms with van der Waals surface area (Å²) in [6.45, 7) is 0. The van der Waals surface area contributed by atoms with Crippen LogP contribution in [-0.4, -0.2) is 14.5 Å². The van der Waals surface area contributed by atoms with Crippen molar-refractivity contribution in [1.29, 1.82) is 0 Å². The van der Waals surface area contributed by atoms with E-state index in [0.717, 1.165) is 24.2 Å². The smallest absolute Gasteiger partial charge is 0.273 e. The summed E-state index contributed by atoms with van der Waals surface area (Å²) in [5, 5.41) is 0.0259. The molecule has 0 bridgehead atoms. The van der Waals surface area contributed by atoms with Crippen molar-refractivity contribution in [2.75, 3.05) is 0 Å². The van der Waals surface area contributed by atoms with Crippen LogP contribution in [0.1, 0.15) is 11.1 Å². The highest BCUT2D eigenvalue weighted by Gasteiger charge is 2.11. The maximum absolute atomic E-state index is 13.4. The van der Waals surface area contributed by atoms with E-state index < -0.39 is 17.1 Å². The second-order valence-electron chi connectivity index (χ2n) is 5.95. The summed E-state index contributed by atoms with van der Waals surface area (Å²) in [5.74, 6) is -0.633. The van der Waals surface area contributed by atoms with Crippen LogP contribution in [0.15, 0.2) is 76.4 Å². The maximum atomic E-state index is 13.4. The monoisotopic (exact) mass is 347 g/mol. The number of hydrogen-bond acceptors (Lipinski definition) is 3. The number of nitrogens with one attached hydrogen (secondary N) is 1. The third kappa shape index (κ3) is 2.93. The quantitative estimate of drug-likeness (QED) is 0.620. The minimum atomic E-state index is -0.658. The molecule has 0 spiro atoms. The van der Waals surface area contributed by atoms with Crippen LogP contribution in [-0.2, 0) is 6.42 Å². The van der Waals surface area contributed by atoms with Gasteiger partial charge in [0.1, 0.15) is 5.82 Å². The first kappa shape index (κ1) is 16.0. The second kappa shape index (κ2) is 6.40. The molecule has 0 aliphatic carbocycles. The zero-order valence-electron chi connectivity index (χ0n) is 13.6. The van der Waals surface area contributed by atoms with Crippen LogP contribution < -0.4 is 11.2 Å². The standard InChI is InChI=1S/C20H14FN3O2/c21-15-11-17-18(22-12-15)24(20(26)23-19(17)25)16-8-6-14(7-9-16)10-13-4-2-1-3-5-13/h1-9,11-12H,10H2,(H,23,25,26). The Labute approximate surface area is 147 Å². The predicted molar refractivity (Wildman–Crippen MR) is 97.2 cm³/mol. The van der Waals surface area contributed by atoms with Gasteiger partial charge in [-0.1, -0.05) is 42.5 Å². The average molecular weight is 347 g/mol. The summed E-state index contributed by atoms with van der Waals surface area (Å²) < 4.78 is 14.7. The highest BCUT2D eigenvalue weighted by Crippen LogP contribution is 2.15. The van der Waals surface area contributed by atoms with E-state index in [1.165, 1.54) is 10.1 Å². The normalized spacial score (nSPS) is 11.0. The number of benzene rings is 2. The van der Waals surface area contributed by atoms with Gasteiger partial charge in [0.15, 0.2) is 5.65 Å². The zero-order valence-corrected chi connectivity index (χ0v) is 13.6. The summed E-state index contributed by atoms with van der Waals surface area (Å²) in [5.41, 5.74) is 1.67. The molecular weight excluding hydrogens is 333 g/mol. The molecule has 2 aromatic carbocycles. The van der Waals surface area contributed by atoms with Crippen LogP contribution in [0, 0.1) is 5.82 Å². The number of aromatic nitrogens is 3. The number of fused-ring (bicyclic) bond motifs is 1. The summed E-state index contributed by atoms with van der Waals surface area (Å²) in [7, 11) is 0. The third-order valence-electron chi connectivity index (χ3n) is 4.16. The van der Waals surface area contributed by atoms with Crippen LogP contribution in [0.25, 0.3) is 16.7 Å². The molecule has 6 heteroatoms. The van der Waals surface area contributed by atoms with E-state index >= 15 is 0 Å². The fourth-order valence-corrected chi connectivity index (χ4v) is 2.93. The molecule has 0 amide bonds. The number of rotatable bonds is 3. The minimum Gasteiger partial charge on any atom is -0.273 e. The van der Waals surface area contributed by atoms with Gasteiger partial charge in [-0.3, -0.25) is 9.78 Å². The van der Waals surface area contributed by atoms with Gasteiger partial charge in [-0.15, -0.1) is 0 Å². The first-order valence-corrected chi connectivity index (χ1v) is 8.06. The van der Waals surface area contributed by atoms with E-state index in [9.17, 15) is 14.0 Å². The van der Waals surface area contributed by atoms with E-state index in [2.05, 4.69) is 9.97 Å². The van der Waals surface area contributed by atoms with Crippen molar-refractivity contribution < 1.29 is 4.39 Å². The molecule has 0 radical (unpaired) electrons. The minimum absolute atomic E-state index is 0.0259. The molecule has 0 saturated heterocycles. The highest BCUT2D eigenvalue weighted by molar-refractivity contribution is 5.75. The lowest BCUT2D eigenvalue weighted by molar-refractivity contribution is 0.623. The Kier molecular flexibility index (Phi) is 3.93. The fraction of sp³-hybridized carbons (Fsp3) is 0.0500. The van der Waals surface area contributed by atoms with Gasteiger partial charge in [0.25, 0.3) is 5.56 Å². The van der Waals surface area contributed by atoms with Gasteiger partial charge in [-0.05, 0) is 35.7 Å². The van der Waals surface area contributed by atoms with Crippen LogP contribution in [0.4, 0.5) is 4.39 Å². The van der Waals surface area contributed by atoms with E-state index in [1.807, 2.05) is 42.5 Å². The van der Waals surface area contributed by atoms with Gasteiger partial charge in [-0.25, -0.2) is 18.7 Å². The van der Waals surface area contributed by atoms with Crippen LogP contribution in [0.2, 0.25) is 0 Å². The van der Waals surface area contributed by atoms with Crippen molar-refractivity contribution in [3.8, 4) is 5.69 Å². The van der Waals surface area contributed by atoms with Crippen LogP contribution >= 0.6 is 0 Å². The van der Waals surface area contributed by atoms with Crippen molar-refractivity contribution in [2.45, 2.75) is 6.42 Å². The Hall–Kier alpha value is -3.54. The topological polar surface area (TPSA) is 67.8 Å². The van der Waals surface area contributed by atoms with Gasteiger partial charge >= 0.3 is 5.69 Å². The first-order chi connectivity index (χ1) is 12.6. The fourth-order valence-electron chi connectivity index (χ4n) is 2.93. The number of nitrogens with zero attached hydrogens (tertiary/aromatic N) is 2. The van der Waals surface area contributed by atoms with E-state index in [0.29, 0.717) is 5.69 Å². The van der Waals surface area contributed by atoms with Crippen molar-refractivity contribution in [1.82, 2.24) is 14.5 Å². The Morgan fingerprint density at radius 1 is 0.962 bits per heavy atom. The van der Waals surface area contributed by atoms with Crippen LogP contribution in [0.3, 0.4) is 0 Å². The van der Waals surface area contributed by atoms with Gasteiger partial charge in [0.05, 0.1) is 17.3 Å². The number of halogens is 1. The van der Waals surface area contributed by atoms with Gasteiger partial charge in [0.2, 0.25) is 0 Å². The van der Waals surface area contributed by atoms with Crippen molar-refractivity contribution in [3.63, 3.8) is 0 Å². The molecule has 128 valence electrons. The molecule has 1 N–H and O–H groups in total. The SMILES string of the molecule is O=c1[nH]c(=O)n(-c2ccc(Cc3ccccc3)cc2)c2ncc(F)cc12. The Morgan fingerprint density at radius 2 is 1.65 bits per heavy atom. The molecule has 0 saturated carbocycles. The molecule has 0 fully saturated rings. The zero-order chi connectivity index (χ0) is 18.1. The van der Waals surface area contributed by atoms with Gasteiger partial charge in [0, 0.05) is 0 Å². The third-order valence-corrected chi connectivity index (χ3v) is 4.16. The molecule has 4 rings (SSSR count). The molecule has 0 atom stereocenters. The number of hydrogen-bond donors (Lipinski definition) is 1. The number of aromatic amines is 1. The lowest BCUT2D eigenvalue weighted by atomic mass is 10.0. The van der Waals surface area contributed by atoms with Crippen molar-refractivity contribution in [3.05, 3.63) is 105 Å². The van der Waals surface area contributed by atoms with Crippen molar-refractivity contribution in [2.24, 2.45) is 0 Å². The molecule has 5 nitrogen and oxygen atoms in total. The Morgan fingerprint density at radius 3 is 2.38 bits per heavy atom. The molecular formula is C20H14FN3O2. The van der Waals surface area contributed by atoms with Gasteiger partial charge < -0.3 is 0 Å². The molecule has 2 aromatic heterocycles. The van der Waals surface area contributed by atoms with Gasteiger partial charge in [-0.2, -0.15) is 0 Å². The molecule has 2 heterocycles. The maximum Gasteiger partial charge on any atom is 0.334 e. The van der Waals surface area contributed by atoms with E-state index in [4.69, 9.17) is 0 Å². The summed E-state index contributed by atoms with van der Waals surface area (Å²) in [6.07, 6.45) is 1.76. The largest absolute Gasteiger partial charge is 0.334 e. The van der Waals surface area contributed by atoms with Crippen LogP contribution in [0.5, 0.6) is 0 Å². The van der Waals surface area contributed by atoms with E-state index in [-0.39, 0.29) is 11.0 Å². The molecule has 0 aliphatic heterocycles. The molecule has 4 aromatic rings. The lowest BCUT2D eigenvalue weighted by Crippen LogP contribution is -2.29. The number of pyridine rings is 1. The first-order valence-electron chi connectivity index (χ1n) is 8.06. The lowest BCUT2D eigenvalue weighted by Gasteiger charge is -2.09. The average Bonchev–Trinajstić information content (AvgIpc) is 2.64. The molecule has 0 aliphatic rings. The summed E-state index contributed by atoms with van der Waals surface area (Å²) >= 11 is 0. The second-order valence-corrected chi connectivity index (χ2v) is 5.95. The molecule has 0 unspecified atom stereocenters. The van der Waals surface area contributed by atoms with E-state index in [1.54, 1.807) is 12.1 Å². The summed E-state index contributed by atoms with van der Waals surface area (Å²) in [4.78, 5) is 30.4.